The van der Waals surface area contributed by atoms with Crippen LogP contribution in [0.1, 0.15) is 82.6 Å². The van der Waals surface area contributed by atoms with Gasteiger partial charge in [0.05, 0.1) is 0 Å². The van der Waals surface area contributed by atoms with Crippen LogP contribution < -0.4 is 0 Å². The molecular weight excluding hydrogens is 306 g/mol. The molecule has 1 saturated heterocycles. The Labute approximate surface area is 158 Å². The number of hydrogen-bond acceptors (Lipinski definition) is 1. The molecule has 2 heteroatoms. The lowest BCUT2D eigenvalue weighted by atomic mass is 9.64. The summed E-state index contributed by atoms with van der Waals surface area (Å²) in [7, 11) is 0. The van der Waals surface area contributed by atoms with Crippen molar-refractivity contribution >= 4 is 5.91 Å². The normalized spacial score (nSPS) is 29.2. The summed E-state index contributed by atoms with van der Waals surface area (Å²) >= 11 is 0. The van der Waals surface area contributed by atoms with Crippen LogP contribution in [0.5, 0.6) is 0 Å². The second-order valence-corrected chi connectivity index (χ2v) is 10.3. The van der Waals surface area contributed by atoms with E-state index >= 15 is 0 Å². The molecule has 0 bridgehead atoms. The fourth-order valence-corrected chi connectivity index (χ4v) is 5.12. The summed E-state index contributed by atoms with van der Waals surface area (Å²) in [5.41, 5.74) is -0.0957. The van der Waals surface area contributed by atoms with Crippen molar-refractivity contribution in [1.29, 1.82) is 0 Å². The van der Waals surface area contributed by atoms with Gasteiger partial charge < -0.3 is 4.90 Å². The van der Waals surface area contributed by atoms with E-state index in [1.54, 1.807) is 0 Å². The van der Waals surface area contributed by atoms with Crippen molar-refractivity contribution in [2.24, 2.45) is 47.3 Å². The van der Waals surface area contributed by atoms with Gasteiger partial charge in [0.15, 0.2) is 0 Å². The van der Waals surface area contributed by atoms with Crippen LogP contribution >= 0.6 is 0 Å². The highest BCUT2D eigenvalue weighted by Gasteiger charge is 2.49. The van der Waals surface area contributed by atoms with Gasteiger partial charge in [-0.15, -0.1) is 0 Å². The molecule has 25 heavy (non-hydrogen) atoms. The van der Waals surface area contributed by atoms with Gasteiger partial charge >= 0.3 is 0 Å². The minimum Gasteiger partial charge on any atom is -0.337 e. The minimum absolute atomic E-state index is 0.0957. The molecule has 1 rings (SSSR count). The zero-order valence-corrected chi connectivity index (χ0v) is 18.9. The topological polar surface area (TPSA) is 20.3 Å². The second kappa shape index (κ2) is 8.44. The van der Waals surface area contributed by atoms with Gasteiger partial charge in [-0.05, 0) is 55.3 Å². The molecule has 0 aromatic rings. The van der Waals surface area contributed by atoms with Crippen LogP contribution in [0.3, 0.4) is 0 Å². The average Bonchev–Trinajstić information content (AvgIpc) is 2.60. The Balaban J connectivity index is 3.54. The molecule has 4 unspecified atom stereocenters. The molecule has 0 radical (unpaired) electrons. The first-order chi connectivity index (χ1) is 11.4. The van der Waals surface area contributed by atoms with Crippen LogP contribution in [0.2, 0.25) is 0 Å². The summed E-state index contributed by atoms with van der Waals surface area (Å²) in [4.78, 5) is 16.0. The fraction of sp³-hybridized carbons (Fsp3) is 0.957. The van der Waals surface area contributed by atoms with Crippen LogP contribution in [0.4, 0.5) is 0 Å². The quantitative estimate of drug-likeness (QED) is 0.565. The van der Waals surface area contributed by atoms with Crippen LogP contribution in [-0.4, -0.2) is 22.9 Å². The zero-order valence-electron chi connectivity index (χ0n) is 18.9. The SMILES string of the molecule is CCC1C(C(C)C)C(=O)N(C(C)(C)C(C)C)CC(C(C)C)C1C(C)C. The van der Waals surface area contributed by atoms with Gasteiger partial charge in [0.25, 0.3) is 0 Å². The first-order valence-corrected chi connectivity index (χ1v) is 10.7. The van der Waals surface area contributed by atoms with Gasteiger partial charge in [-0.25, -0.2) is 0 Å². The molecule has 0 aromatic carbocycles. The van der Waals surface area contributed by atoms with E-state index in [0.717, 1.165) is 13.0 Å². The lowest BCUT2D eigenvalue weighted by Gasteiger charge is -2.44. The summed E-state index contributed by atoms with van der Waals surface area (Å²) in [6.45, 7) is 26.2. The van der Waals surface area contributed by atoms with Gasteiger partial charge in [0.2, 0.25) is 5.91 Å². The third-order valence-corrected chi connectivity index (χ3v) is 7.32. The Morgan fingerprint density at radius 2 is 1.48 bits per heavy atom. The fourth-order valence-electron chi connectivity index (χ4n) is 5.12. The molecule has 1 fully saturated rings. The standard InChI is InChI=1S/C23H45NO/c1-12-18-20(15(4)5)19(14(2)3)13-24(23(10,11)17(8)9)22(25)21(18)16(6)7/h14-21H,12-13H2,1-11H3. The van der Waals surface area contributed by atoms with Crippen molar-refractivity contribution in [3.05, 3.63) is 0 Å². The molecule has 2 nitrogen and oxygen atoms in total. The molecule has 148 valence electrons. The Morgan fingerprint density at radius 1 is 0.960 bits per heavy atom. The van der Waals surface area contributed by atoms with E-state index in [0.29, 0.717) is 47.3 Å². The first-order valence-electron chi connectivity index (χ1n) is 10.7. The number of carbonyl (C=O) groups excluding carboxylic acids is 1. The molecule has 0 aliphatic carbocycles. The van der Waals surface area contributed by atoms with E-state index in [1.165, 1.54) is 0 Å². The van der Waals surface area contributed by atoms with Crippen molar-refractivity contribution in [3.63, 3.8) is 0 Å². The summed E-state index contributed by atoms with van der Waals surface area (Å²) in [5.74, 6) is 4.33. The van der Waals surface area contributed by atoms with E-state index in [-0.39, 0.29) is 11.5 Å². The average molecular weight is 352 g/mol. The first kappa shape index (κ1) is 22.5. The number of hydrogen-bond donors (Lipinski definition) is 0. The summed E-state index contributed by atoms with van der Waals surface area (Å²) in [6.07, 6.45) is 1.11. The largest absolute Gasteiger partial charge is 0.337 e. The zero-order chi connectivity index (χ0) is 19.7. The Morgan fingerprint density at radius 3 is 1.80 bits per heavy atom. The van der Waals surface area contributed by atoms with Gasteiger partial charge in [-0.3, -0.25) is 4.79 Å². The summed E-state index contributed by atoms with van der Waals surface area (Å²) in [5, 5.41) is 0. The number of rotatable bonds is 6. The van der Waals surface area contributed by atoms with Crippen LogP contribution in [-0.2, 0) is 4.79 Å². The summed E-state index contributed by atoms with van der Waals surface area (Å²) in [6, 6.07) is 0. The maximum atomic E-state index is 13.8. The van der Waals surface area contributed by atoms with Gasteiger partial charge in [-0.2, -0.15) is 0 Å². The number of amides is 1. The smallest absolute Gasteiger partial charge is 0.226 e. The van der Waals surface area contributed by atoms with Crippen molar-refractivity contribution < 1.29 is 4.79 Å². The van der Waals surface area contributed by atoms with Crippen molar-refractivity contribution in [2.75, 3.05) is 6.54 Å². The molecule has 4 atom stereocenters. The highest BCUT2D eigenvalue weighted by Crippen LogP contribution is 2.46. The third kappa shape index (κ3) is 4.42. The van der Waals surface area contributed by atoms with E-state index in [9.17, 15) is 4.79 Å². The Kier molecular flexibility index (Phi) is 7.60. The van der Waals surface area contributed by atoms with Crippen molar-refractivity contribution in [1.82, 2.24) is 4.90 Å². The number of likely N-dealkylation sites (tertiary alicyclic amines) is 1. The van der Waals surface area contributed by atoms with E-state index < -0.39 is 0 Å². The highest BCUT2D eigenvalue weighted by atomic mass is 16.2. The molecule has 0 aromatic heterocycles. The number of carbonyl (C=O) groups is 1. The Bertz CT molecular complexity index is 435. The molecular formula is C23H45NO. The highest BCUT2D eigenvalue weighted by molar-refractivity contribution is 5.80. The number of nitrogens with zero attached hydrogens (tertiary/aromatic N) is 1. The lowest BCUT2D eigenvalue weighted by molar-refractivity contribution is -0.145. The molecule has 0 spiro atoms. The van der Waals surface area contributed by atoms with Crippen molar-refractivity contribution in [2.45, 2.75) is 88.1 Å². The molecule has 1 aliphatic rings. The van der Waals surface area contributed by atoms with Crippen LogP contribution in [0.25, 0.3) is 0 Å². The van der Waals surface area contributed by atoms with E-state index in [2.05, 4.69) is 81.1 Å². The maximum Gasteiger partial charge on any atom is 0.226 e. The third-order valence-electron chi connectivity index (χ3n) is 7.32. The molecule has 1 heterocycles. The van der Waals surface area contributed by atoms with Gasteiger partial charge in [0, 0.05) is 18.0 Å². The summed E-state index contributed by atoms with van der Waals surface area (Å²) < 4.78 is 0. The predicted octanol–water partition coefficient (Wildman–Crippen LogP) is 6.11. The molecule has 0 N–H and O–H groups in total. The van der Waals surface area contributed by atoms with Crippen molar-refractivity contribution in [3.8, 4) is 0 Å². The van der Waals surface area contributed by atoms with Crippen LogP contribution in [0, 0.1) is 47.3 Å². The van der Waals surface area contributed by atoms with E-state index in [1.807, 2.05) is 0 Å². The van der Waals surface area contributed by atoms with Gasteiger partial charge in [0.1, 0.15) is 0 Å². The predicted molar refractivity (Wildman–Crippen MR) is 109 cm³/mol. The maximum absolute atomic E-state index is 13.8. The Hall–Kier alpha value is -0.530. The molecule has 1 amide bonds. The molecule has 0 saturated carbocycles. The monoisotopic (exact) mass is 351 g/mol. The second-order valence-electron chi connectivity index (χ2n) is 10.3. The minimum atomic E-state index is -0.0957. The van der Waals surface area contributed by atoms with Crippen LogP contribution in [0.15, 0.2) is 0 Å². The van der Waals surface area contributed by atoms with E-state index in [4.69, 9.17) is 0 Å². The molecule has 1 aliphatic heterocycles. The lowest BCUT2D eigenvalue weighted by Crippen LogP contribution is -2.54. The van der Waals surface area contributed by atoms with Gasteiger partial charge in [-0.1, -0.05) is 68.7 Å².